The summed E-state index contributed by atoms with van der Waals surface area (Å²) in [7, 11) is 2.98. The molecule has 0 spiro atoms. The van der Waals surface area contributed by atoms with Gasteiger partial charge in [0.15, 0.2) is 0 Å². The number of benzene rings is 2. The number of halogens is 2. The van der Waals surface area contributed by atoms with Gasteiger partial charge in [-0.15, -0.1) is 0 Å². The second-order valence-corrected chi connectivity index (χ2v) is 6.16. The van der Waals surface area contributed by atoms with Gasteiger partial charge in [0.25, 0.3) is 0 Å². The van der Waals surface area contributed by atoms with Gasteiger partial charge in [0, 0.05) is 17.6 Å². The summed E-state index contributed by atoms with van der Waals surface area (Å²) < 4.78 is 10.3. The van der Waals surface area contributed by atoms with Gasteiger partial charge in [-0.05, 0) is 36.4 Å². The molecule has 26 heavy (non-hydrogen) atoms. The SMILES string of the molecule is COc1ccc(NC(=O)CN(C(C)=O)c2cc(Cl)ccc2OC)cc1Cl. The highest BCUT2D eigenvalue weighted by Crippen LogP contribution is 2.31. The number of hydrogen-bond acceptors (Lipinski definition) is 4. The van der Waals surface area contributed by atoms with E-state index in [-0.39, 0.29) is 12.5 Å². The van der Waals surface area contributed by atoms with Crippen LogP contribution in [-0.2, 0) is 9.59 Å². The van der Waals surface area contributed by atoms with E-state index in [1.165, 1.54) is 26.0 Å². The lowest BCUT2D eigenvalue weighted by atomic mass is 10.2. The lowest BCUT2D eigenvalue weighted by Gasteiger charge is -2.23. The van der Waals surface area contributed by atoms with Crippen LogP contribution in [-0.4, -0.2) is 32.6 Å². The molecular formula is C18H18Cl2N2O4. The van der Waals surface area contributed by atoms with Crippen molar-refractivity contribution < 1.29 is 19.1 Å². The van der Waals surface area contributed by atoms with Crippen molar-refractivity contribution in [3.63, 3.8) is 0 Å². The van der Waals surface area contributed by atoms with Crippen LogP contribution < -0.4 is 19.7 Å². The molecule has 2 aromatic carbocycles. The minimum Gasteiger partial charge on any atom is -0.495 e. The molecule has 0 saturated heterocycles. The van der Waals surface area contributed by atoms with Gasteiger partial charge >= 0.3 is 0 Å². The number of methoxy groups -OCH3 is 2. The molecule has 2 amide bonds. The number of hydrogen-bond donors (Lipinski definition) is 1. The molecule has 0 heterocycles. The van der Waals surface area contributed by atoms with Crippen LogP contribution in [0.2, 0.25) is 10.0 Å². The first-order chi connectivity index (χ1) is 12.3. The van der Waals surface area contributed by atoms with Crippen LogP contribution in [0.4, 0.5) is 11.4 Å². The molecule has 2 aromatic rings. The highest BCUT2D eigenvalue weighted by molar-refractivity contribution is 6.32. The average molecular weight is 397 g/mol. The molecule has 0 aromatic heterocycles. The standard InChI is InChI=1S/C18H18Cl2N2O4/c1-11(23)22(15-8-12(19)4-6-17(15)26-3)10-18(24)21-13-5-7-16(25-2)14(20)9-13/h4-9H,10H2,1-3H3,(H,21,24). The molecule has 6 nitrogen and oxygen atoms in total. The van der Waals surface area contributed by atoms with E-state index < -0.39 is 5.91 Å². The second-order valence-electron chi connectivity index (χ2n) is 5.32. The zero-order valence-corrected chi connectivity index (χ0v) is 16.0. The quantitative estimate of drug-likeness (QED) is 0.800. The van der Waals surface area contributed by atoms with E-state index in [0.29, 0.717) is 32.9 Å². The van der Waals surface area contributed by atoms with Crippen molar-refractivity contribution in [1.29, 1.82) is 0 Å². The number of anilines is 2. The first-order valence-corrected chi connectivity index (χ1v) is 8.36. The fraction of sp³-hybridized carbons (Fsp3) is 0.222. The van der Waals surface area contributed by atoms with Crippen molar-refractivity contribution in [2.75, 3.05) is 31.0 Å². The molecule has 138 valence electrons. The van der Waals surface area contributed by atoms with Crippen molar-refractivity contribution in [3.05, 3.63) is 46.4 Å². The van der Waals surface area contributed by atoms with Gasteiger partial charge in [0.1, 0.15) is 18.0 Å². The van der Waals surface area contributed by atoms with Crippen LogP contribution in [0.1, 0.15) is 6.92 Å². The Balaban J connectivity index is 2.20. The first-order valence-electron chi connectivity index (χ1n) is 7.60. The largest absolute Gasteiger partial charge is 0.495 e. The van der Waals surface area contributed by atoms with Crippen LogP contribution in [0, 0.1) is 0 Å². The minimum absolute atomic E-state index is 0.213. The molecule has 0 aliphatic rings. The third-order valence-corrected chi connectivity index (χ3v) is 4.08. The Bertz CT molecular complexity index is 827. The lowest BCUT2D eigenvalue weighted by molar-refractivity contribution is -0.120. The molecule has 0 unspecified atom stereocenters. The van der Waals surface area contributed by atoms with Gasteiger partial charge in [-0.3, -0.25) is 14.5 Å². The summed E-state index contributed by atoms with van der Waals surface area (Å²) in [5.41, 5.74) is 0.901. The van der Waals surface area contributed by atoms with Crippen molar-refractivity contribution in [1.82, 2.24) is 0 Å². The Labute approximate surface area is 161 Å². The number of carbonyl (C=O) groups is 2. The van der Waals surface area contributed by atoms with Gasteiger partial charge < -0.3 is 14.8 Å². The minimum atomic E-state index is -0.400. The summed E-state index contributed by atoms with van der Waals surface area (Å²) in [5.74, 6) is 0.209. The third-order valence-electron chi connectivity index (χ3n) is 3.55. The normalized spacial score (nSPS) is 10.2. The van der Waals surface area contributed by atoms with Crippen molar-refractivity contribution >= 4 is 46.4 Å². The Morgan fingerprint density at radius 2 is 1.69 bits per heavy atom. The molecule has 0 fully saturated rings. The smallest absolute Gasteiger partial charge is 0.244 e. The van der Waals surface area contributed by atoms with Crippen LogP contribution in [0.15, 0.2) is 36.4 Å². The number of nitrogens with zero attached hydrogens (tertiary/aromatic N) is 1. The van der Waals surface area contributed by atoms with E-state index in [4.69, 9.17) is 32.7 Å². The van der Waals surface area contributed by atoms with Gasteiger partial charge in [-0.2, -0.15) is 0 Å². The van der Waals surface area contributed by atoms with Gasteiger partial charge in [-0.1, -0.05) is 23.2 Å². The van der Waals surface area contributed by atoms with E-state index in [0.717, 1.165) is 0 Å². The number of amides is 2. The number of rotatable bonds is 6. The molecule has 0 aliphatic heterocycles. The van der Waals surface area contributed by atoms with E-state index in [1.807, 2.05) is 0 Å². The summed E-state index contributed by atoms with van der Waals surface area (Å²) in [6, 6.07) is 9.70. The molecule has 2 rings (SSSR count). The molecule has 0 bridgehead atoms. The van der Waals surface area contributed by atoms with Crippen LogP contribution in [0.5, 0.6) is 11.5 Å². The Morgan fingerprint density at radius 1 is 1.04 bits per heavy atom. The monoisotopic (exact) mass is 396 g/mol. The predicted octanol–water partition coefficient (Wildman–Crippen LogP) is 4.00. The zero-order chi connectivity index (χ0) is 19.3. The van der Waals surface area contributed by atoms with Crippen LogP contribution >= 0.6 is 23.2 Å². The summed E-state index contributed by atoms with van der Waals surface area (Å²) in [5, 5.41) is 3.49. The van der Waals surface area contributed by atoms with E-state index in [1.54, 1.807) is 36.4 Å². The molecule has 0 atom stereocenters. The maximum absolute atomic E-state index is 12.4. The van der Waals surface area contributed by atoms with Crippen molar-refractivity contribution in [3.8, 4) is 11.5 Å². The lowest BCUT2D eigenvalue weighted by Crippen LogP contribution is -2.36. The second kappa shape index (κ2) is 8.78. The Kier molecular flexibility index (Phi) is 6.71. The number of nitrogens with one attached hydrogen (secondary N) is 1. The zero-order valence-electron chi connectivity index (χ0n) is 14.5. The van der Waals surface area contributed by atoms with Crippen LogP contribution in [0.3, 0.4) is 0 Å². The van der Waals surface area contributed by atoms with E-state index in [9.17, 15) is 9.59 Å². The van der Waals surface area contributed by atoms with Gasteiger partial charge in [0.2, 0.25) is 11.8 Å². The fourth-order valence-electron chi connectivity index (χ4n) is 2.33. The Morgan fingerprint density at radius 3 is 2.27 bits per heavy atom. The van der Waals surface area contributed by atoms with Crippen LogP contribution in [0.25, 0.3) is 0 Å². The summed E-state index contributed by atoms with van der Waals surface area (Å²) in [6.45, 7) is 1.15. The van der Waals surface area contributed by atoms with Gasteiger partial charge in [0.05, 0.1) is 24.9 Å². The van der Waals surface area contributed by atoms with E-state index in [2.05, 4.69) is 5.32 Å². The summed E-state index contributed by atoms with van der Waals surface area (Å²) in [4.78, 5) is 25.7. The molecule has 1 N–H and O–H groups in total. The molecule has 0 aliphatic carbocycles. The highest BCUT2D eigenvalue weighted by atomic mass is 35.5. The molecule has 0 radical (unpaired) electrons. The van der Waals surface area contributed by atoms with Crippen molar-refractivity contribution in [2.45, 2.75) is 6.92 Å². The summed E-state index contributed by atoms with van der Waals surface area (Å²) in [6.07, 6.45) is 0. The molecular weight excluding hydrogens is 379 g/mol. The first kappa shape index (κ1) is 19.9. The highest BCUT2D eigenvalue weighted by Gasteiger charge is 2.20. The number of carbonyl (C=O) groups excluding carboxylic acids is 2. The maximum Gasteiger partial charge on any atom is 0.244 e. The van der Waals surface area contributed by atoms with Gasteiger partial charge in [-0.25, -0.2) is 0 Å². The topological polar surface area (TPSA) is 67.9 Å². The Hall–Kier alpha value is -2.44. The number of ether oxygens (including phenoxy) is 2. The summed E-state index contributed by atoms with van der Waals surface area (Å²) >= 11 is 12.1. The predicted molar refractivity (Wildman–Crippen MR) is 103 cm³/mol. The average Bonchev–Trinajstić information content (AvgIpc) is 2.59. The maximum atomic E-state index is 12.4. The molecule has 0 saturated carbocycles. The van der Waals surface area contributed by atoms with E-state index >= 15 is 0 Å². The molecule has 8 heteroatoms. The van der Waals surface area contributed by atoms with Crippen molar-refractivity contribution in [2.24, 2.45) is 0 Å². The third kappa shape index (κ3) is 4.80. The fourth-order valence-corrected chi connectivity index (χ4v) is 2.75.